The van der Waals surface area contributed by atoms with Crippen LogP contribution in [0.3, 0.4) is 0 Å². The van der Waals surface area contributed by atoms with Crippen LogP contribution in [0.2, 0.25) is 0 Å². The van der Waals surface area contributed by atoms with Crippen molar-refractivity contribution in [2.24, 2.45) is 0 Å². The summed E-state index contributed by atoms with van der Waals surface area (Å²) < 4.78 is 13.5. The molecule has 0 amide bonds. The number of aliphatic hydroxyl groups excluding tert-OH is 2. The second-order valence-corrected chi connectivity index (χ2v) is 4.83. The van der Waals surface area contributed by atoms with Gasteiger partial charge in [-0.3, -0.25) is 0 Å². The standard InChI is InChI=1S/C14H20FNO2/c15-12-7-11(10-18)8-14(9-12)16(5-6-17)13-3-1-2-4-13/h7-9,13,17-18H,1-6,10H2. The van der Waals surface area contributed by atoms with E-state index in [4.69, 9.17) is 10.2 Å². The van der Waals surface area contributed by atoms with Crippen LogP contribution in [0.5, 0.6) is 0 Å². The normalized spacial score (nSPS) is 16.2. The average molecular weight is 253 g/mol. The predicted molar refractivity (Wildman–Crippen MR) is 69.0 cm³/mol. The van der Waals surface area contributed by atoms with Crippen LogP contribution in [0.25, 0.3) is 0 Å². The van der Waals surface area contributed by atoms with Gasteiger partial charge in [-0.2, -0.15) is 0 Å². The molecule has 2 N–H and O–H groups in total. The molecular formula is C14H20FNO2. The first-order valence-electron chi connectivity index (χ1n) is 6.52. The van der Waals surface area contributed by atoms with E-state index in [1.165, 1.54) is 25.0 Å². The van der Waals surface area contributed by atoms with Gasteiger partial charge < -0.3 is 15.1 Å². The molecule has 0 aromatic heterocycles. The molecule has 1 aromatic carbocycles. The molecule has 2 rings (SSSR count). The van der Waals surface area contributed by atoms with Crippen LogP contribution in [0.15, 0.2) is 18.2 Å². The Labute approximate surface area is 107 Å². The van der Waals surface area contributed by atoms with E-state index in [1.54, 1.807) is 6.07 Å². The van der Waals surface area contributed by atoms with E-state index < -0.39 is 0 Å². The maximum absolute atomic E-state index is 13.5. The Morgan fingerprint density at radius 3 is 2.50 bits per heavy atom. The van der Waals surface area contributed by atoms with E-state index in [2.05, 4.69) is 4.90 Å². The molecule has 18 heavy (non-hydrogen) atoms. The number of hydrogen-bond donors (Lipinski definition) is 2. The van der Waals surface area contributed by atoms with E-state index in [-0.39, 0.29) is 19.0 Å². The molecule has 1 fully saturated rings. The second-order valence-electron chi connectivity index (χ2n) is 4.83. The molecule has 0 atom stereocenters. The van der Waals surface area contributed by atoms with Gasteiger partial charge in [0.25, 0.3) is 0 Å². The highest BCUT2D eigenvalue weighted by atomic mass is 19.1. The van der Waals surface area contributed by atoms with Gasteiger partial charge in [-0.15, -0.1) is 0 Å². The molecule has 0 radical (unpaired) electrons. The zero-order valence-electron chi connectivity index (χ0n) is 10.5. The molecule has 1 saturated carbocycles. The van der Waals surface area contributed by atoms with Gasteiger partial charge >= 0.3 is 0 Å². The number of nitrogens with zero attached hydrogens (tertiary/aromatic N) is 1. The van der Waals surface area contributed by atoms with Crippen LogP contribution in [-0.4, -0.2) is 29.4 Å². The smallest absolute Gasteiger partial charge is 0.125 e. The Morgan fingerprint density at radius 2 is 1.89 bits per heavy atom. The molecule has 100 valence electrons. The lowest BCUT2D eigenvalue weighted by atomic mass is 10.1. The number of aliphatic hydroxyl groups is 2. The van der Waals surface area contributed by atoms with Gasteiger partial charge in [0, 0.05) is 18.3 Å². The maximum Gasteiger partial charge on any atom is 0.125 e. The fourth-order valence-corrected chi connectivity index (χ4v) is 2.74. The third-order valence-electron chi connectivity index (χ3n) is 3.56. The van der Waals surface area contributed by atoms with Gasteiger partial charge in [0.1, 0.15) is 5.82 Å². The Morgan fingerprint density at radius 1 is 1.17 bits per heavy atom. The summed E-state index contributed by atoms with van der Waals surface area (Å²) in [5.41, 5.74) is 1.34. The van der Waals surface area contributed by atoms with Crippen molar-refractivity contribution < 1.29 is 14.6 Å². The first-order chi connectivity index (χ1) is 8.74. The van der Waals surface area contributed by atoms with Crippen LogP contribution in [0.1, 0.15) is 31.2 Å². The van der Waals surface area contributed by atoms with Crippen LogP contribution >= 0.6 is 0 Å². The van der Waals surface area contributed by atoms with Crippen molar-refractivity contribution >= 4 is 5.69 Å². The van der Waals surface area contributed by atoms with E-state index in [0.717, 1.165) is 18.5 Å². The summed E-state index contributed by atoms with van der Waals surface area (Å²) in [5, 5.41) is 18.3. The maximum atomic E-state index is 13.5. The molecule has 1 aliphatic rings. The highest BCUT2D eigenvalue weighted by Gasteiger charge is 2.23. The van der Waals surface area contributed by atoms with Gasteiger partial charge in [0.05, 0.1) is 13.2 Å². The summed E-state index contributed by atoms with van der Waals surface area (Å²) in [4.78, 5) is 2.06. The summed E-state index contributed by atoms with van der Waals surface area (Å²) in [6.07, 6.45) is 4.56. The largest absolute Gasteiger partial charge is 0.395 e. The molecule has 0 unspecified atom stereocenters. The quantitative estimate of drug-likeness (QED) is 0.844. The molecule has 0 bridgehead atoms. The summed E-state index contributed by atoms with van der Waals surface area (Å²) in [6, 6.07) is 5.00. The molecule has 0 saturated heterocycles. The molecule has 1 aliphatic carbocycles. The molecule has 3 nitrogen and oxygen atoms in total. The average Bonchev–Trinajstić information content (AvgIpc) is 2.88. The first kappa shape index (κ1) is 13.3. The Balaban J connectivity index is 2.25. The monoisotopic (exact) mass is 253 g/mol. The van der Waals surface area contributed by atoms with Crippen molar-refractivity contribution in [3.63, 3.8) is 0 Å². The topological polar surface area (TPSA) is 43.7 Å². The molecule has 0 spiro atoms. The molecule has 0 aliphatic heterocycles. The first-order valence-corrected chi connectivity index (χ1v) is 6.52. The van der Waals surface area contributed by atoms with Crippen molar-refractivity contribution in [2.75, 3.05) is 18.1 Å². The summed E-state index contributed by atoms with van der Waals surface area (Å²) in [7, 11) is 0. The lowest BCUT2D eigenvalue weighted by Crippen LogP contribution is -2.35. The number of anilines is 1. The number of halogens is 1. The molecule has 1 aromatic rings. The van der Waals surface area contributed by atoms with Gasteiger partial charge in [-0.25, -0.2) is 4.39 Å². The summed E-state index contributed by atoms with van der Waals surface area (Å²) in [5.74, 6) is -0.336. The SMILES string of the molecule is OCCN(c1cc(F)cc(CO)c1)C1CCCC1. The van der Waals surface area contributed by atoms with Gasteiger partial charge in [0.15, 0.2) is 0 Å². The minimum atomic E-state index is -0.336. The van der Waals surface area contributed by atoms with Gasteiger partial charge in [0.2, 0.25) is 0 Å². The lowest BCUT2D eigenvalue weighted by Gasteiger charge is -2.31. The minimum absolute atomic E-state index is 0.0570. The zero-order valence-corrected chi connectivity index (χ0v) is 10.5. The van der Waals surface area contributed by atoms with Crippen molar-refractivity contribution in [3.8, 4) is 0 Å². The molecule has 0 heterocycles. The summed E-state index contributed by atoms with van der Waals surface area (Å²) in [6.45, 7) is 0.406. The Bertz CT molecular complexity index is 391. The van der Waals surface area contributed by atoms with Crippen LogP contribution < -0.4 is 4.90 Å². The van der Waals surface area contributed by atoms with Crippen molar-refractivity contribution in [3.05, 3.63) is 29.6 Å². The third-order valence-corrected chi connectivity index (χ3v) is 3.56. The second kappa shape index (κ2) is 6.16. The predicted octanol–water partition coefficient (Wildman–Crippen LogP) is 2.06. The minimum Gasteiger partial charge on any atom is -0.395 e. The fourth-order valence-electron chi connectivity index (χ4n) is 2.74. The van der Waals surface area contributed by atoms with Crippen molar-refractivity contribution in [1.82, 2.24) is 0 Å². The highest BCUT2D eigenvalue weighted by Crippen LogP contribution is 2.29. The van der Waals surface area contributed by atoms with E-state index in [1.807, 2.05) is 0 Å². The fraction of sp³-hybridized carbons (Fsp3) is 0.571. The molecular weight excluding hydrogens is 233 g/mol. The lowest BCUT2D eigenvalue weighted by molar-refractivity contribution is 0.281. The van der Waals surface area contributed by atoms with Crippen molar-refractivity contribution in [1.29, 1.82) is 0 Å². The highest BCUT2D eigenvalue weighted by molar-refractivity contribution is 5.50. The van der Waals surface area contributed by atoms with Gasteiger partial charge in [-0.05, 0) is 36.6 Å². The van der Waals surface area contributed by atoms with Gasteiger partial charge in [-0.1, -0.05) is 12.8 Å². The van der Waals surface area contributed by atoms with E-state index in [9.17, 15) is 4.39 Å². The van der Waals surface area contributed by atoms with Crippen LogP contribution in [-0.2, 0) is 6.61 Å². The molecule has 4 heteroatoms. The van der Waals surface area contributed by atoms with Crippen LogP contribution in [0.4, 0.5) is 10.1 Å². The zero-order chi connectivity index (χ0) is 13.0. The van der Waals surface area contributed by atoms with Crippen molar-refractivity contribution in [2.45, 2.75) is 38.3 Å². The summed E-state index contributed by atoms with van der Waals surface area (Å²) >= 11 is 0. The van der Waals surface area contributed by atoms with Crippen LogP contribution in [0, 0.1) is 5.82 Å². The Hall–Kier alpha value is -1.13. The number of rotatable bonds is 5. The number of benzene rings is 1. The number of hydrogen-bond acceptors (Lipinski definition) is 3. The van der Waals surface area contributed by atoms with E-state index in [0.29, 0.717) is 18.2 Å². The van der Waals surface area contributed by atoms with E-state index >= 15 is 0 Å². The third kappa shape index (κ3) is 3.00. The Kier molecular flexibility index (Phi) is 4.55.